The predicted molar refractivity (Wildman–Crippen MR) is 56.4 cm³/mol. The molecule has 1 fully saturated rings. The summed E-state index contributed by atoms with van der Waals surface area (Å²) in [5, 5.41) is 12.6. The molecule has 0 aromatic carbocycles. The summed E-state index contributed by atoms with van der Waals surface area (Å²) in [6.45, 7) is 6.28. The topological polar surface area (TPSA) is 44.7 Å². The van der Waals surface area contributed by atoms with Gasteiger partial charge in [-0.25, -0.2) is 0 Å². The van der Waals surface area contributed by atoms with Crippen molar-refractivity contribution in [3.05, 3.63) is 0 Å². The molecule has 1 heterocycles. The molecule has 2 atom stereocenters. The van der Waals surface area contributed by atoms with Gasteiger partial charge >= 0.3 is 0 Å². The third-order valence-corrected chi connectivity index (χ3v) is 2.55. The van der Waals surface area contributed by atoms with Gasteiger partial charge in [-0.2, -0.15) is 0 Å². The Morgan fingerprint density at radius 3 is 2.93 bits per heavy atom. The van der Waals surface area contributed by atoms with Crippen molar-refractivity contribution in [2.24, 2.45) is 0 Å². The molecule has 4 nitrogen and oxygen atoms in total. The Morgan fingerprint density at radius 2 is 2.36 bits per heavy atom. The first-order chi connectivity index (χ1) is 6.72. The summed E-state index contributed by atoms with van der Waals surface area (Å²) >= 11 is 0. The lowest BCUT2D eigenvalue weighted by Gasteiger charge is -2.20. The Hall–Kier alpha value is -0.160. The number of aliphatic hydroxyl groups excluding tert-OH is 1. The van der Waals surface area contributed by atoms with Crippen LogP contribution in [0.2, 0.25) is 0 Å². The lowest BCUT2D eigenvalue weighted by molar-refractivity contribution is 0.118. The number of hydrogen-bond donors (Lipinski definition) is 2. The monoisotopic (exact) mass is 202 g/mol. The van der Waals surface area contributed by atoms with Crippen molar-refractivity contribution < 1.29 is 9.84 Å². The van der Waals surface area contributed by atoms with E-state index in [0.29, 0.717) is 6.04 Å². The van der Waals surface area contributed by atoms with E-state index in [1.165, 1.54) is 0 Å². The van der Waals surface area contributed by atoms with Crippen LogP contribution < -0.4 is 5.32 Å². The smallest absolute Gasteiger partial charge is 0.0680 e. The fraction of sp³-hybridized carbons (Fsp3) is 1.00. The maximum atomic E-state index is 9.32. The molecule has 4 heteroatoms. The summed E-state index contributed by atoms with van der Waals surface area (Å²) in [6.07, 6.45) is 0.721. The second kappa shape index (κ2) is 6.35. The van der Waals surface area contributed by atoms with E-state index in [1.807, 2.05) is 6.92 Å². The highest BCUT2D eigenvalue weighted by molar-refractivity contribution is 4.82. The number of aliphatic hydroxyl groups is 1. The Morgan fingerprint density at radius 1 is 1.57 bits per heavy atom. The van der Waals surface area contributed by atoms with Crippen molar-refractivity contribution >= 4 is 0 Å². The van der Waals surface area contributed by atoms with Crippen molar-refractivity contribution in [1.82, 2.24) is 10.2 Å². The highest BCUT2D eigenvalue weighted by Gasteiger charge is 2.22. The van der Waals surface area contributed by atoms with Gasteiger partial charge in [0.15, 0.2) is 0 Å². The van der Waals surface area contributed by atoms with Gasteiger partial charge in [-0.1, -0.05) is 0 Å². The van der Waals surface area contributed by atoms with E-state index in [0.717, 1.165) is 39.3 Å². The van der Waals surface area contributed by atoms with Gasteiger partial charge in [-0.05, 0) is 20.4 Å². The van der Waals surface area contributed by atoms with E-state index >= 15 is 0 Å². The molecule has 0 spiro atoms. The lowest BCUT2D eigenvalue weighted by Crippen LogP contribution is -2.36. The normalized spacial score (nSPS) is 27.4. The molecule has 84 valence electrons. The zero-order valence-corrected chi connectivity index (χ0v) is 9.20. The summed E-state index contributed by atoms with van der Waals surface area (Å²) in [5.74, 6) is 0. The zero-order valence-electron chi connectivity index (χ0n) is 9.20. The molecular formula is C10H22N2O2. The van der Waals surface area contributed by atoms with Crippen molar-refractivity contribution in [3.63, 3.8) is 0 Å². The molecule has 0 radical (unpaired) electrons. The minimum atomic E-state index is -0.153. The second-order valence-corrected chi connectivity index (χ2v) is 3.95. The van der Waals surface area contributed by atoms with Crippen molar-refractivity contribution in [1.29, 1.82) is 0 Å². The van der Waals surface area contributed by atoms with Crippen LogP contribution in [0, 0.1) is 0 Å². The van der Waals surface area contributed by atoms with E-state index in [9.17, 15) is 5.11 Å². The lowest BCUT2D eigenvalue weighted by atomic mass is 10.2. The van der Waals surface area contributed by atoms with Crippen LogP contribution in [0.3, 0.4) is 0 Å². The fourth-order valence-electron chi connectivity index (χ4n) is 1.77. The number of β-amino-alcohol motifs (C(OH)–C–C–N with tert-alkyl or cyclic N) is 1. The van der Waals surface area contributed by atoms with Gasteiger partial charge in [0.05, 0.1) is 12.7 Å². The second-order valence-electron chi connectivity index (χ2n) is 3.95. The van der Waals surface area contributed by atoms with Crippen molar-refractivity contribution in [2.75, 3.05) is 39.9 Å². The molecule has 0 aromatic heterocycles. The van der Waals surface area contributed by atoms with E-state index in [2.05, 4.69) is 17.3 Å². The molecule has 0 saturated carbocycles. The third-order valence-electron chi connectivity index (χ3n) is 2.55. The summed E-state index contributed by atoms with van der Waals surface area (Å²) in [4.78, 5) is 2.24. The molecule has 0 bridgehead atoms. The molecule has 1 saturated heterocycles. The summed E-state index contributed by atoms with van der Waals surface area (Å²) in [6, 6.07) is 0.441. The quantitative estimate of drug-likeness (QED) is 0.579. The van der Waals surface area contributed by atoms with Crippen LogP contribution in [0.25, 0.3) is 0 Å². The van der Waals surface area contributed by atoms with Crippen LogP contribution in [0.4, 0.5) is 0 Å². The zero-order chi connectivity index (χ0) is 10.4. The van der Waals surface area contributed by atoms with E-state index < -0.39 is 0 Å². The Balaban J connectivity index is 2.05. The van der Waals surface area contributed by atoms with Gasteiger partial charge in [0.25, 0.3) is 0 Å². The predicted octanol–water partition coefficient (Wildman–Crippen LogP) is -0.322. The van der Waals surface area contributed by atoms with Crippen molar-refractivity contribution in [2.45, 2.75) is 25.5 Å². The first kappa shape index (κ1) is 11.9. The molecule has 1 aliphatic rings. The van der Waals surface area contributed by atoms with Gasteiger partial charge in [-0.3, -0.25) is 0 Å². The standard InChI is InChI=1S/C10H22N2O2/c1-3-14-5-4-12(2)8-9-6-10(13)7-11-9/h9-11,13H,3-8H2,1-2H3. The summed E-state index contributed by atoms with van der Waals surface area (Å²) < 4.78 is 5.28. The number of nitrogens with one attached hydrogen (secondary N) is 1. The Kier molecular flexibility index (Phi) is 5.40. The van der Waals surface area contributed by atoms with E-state index in [-0.39, 0.29) is 6.10 Å². The van der Waals surface area contributed by atoms with E-state index in [4.69, 9.17) is 4.74 Å². The van der Waals surface area contributed by atoms with Crippen molar-refractivity contribution in [3.8, 4) is 0 Å². The van der Waals surface area contributed by atoms with Crippen LogP contribution in [0.1, 0.15) is 13.3 Å². The SMILES string of the molecule is CCOCCN(C)CC1CC(O)CN1. The van der Waals surface area contributed by atoms with Gasteiger partial charge in [0.1, 0.15) is 0 Å². The number of likely N-dealkylation sites (N-methyl/N-ethyl adjacent to an activating group) is 1. The third kappa shape index (κ3) is 4.37. The molecule has 0 aromatic rings. The number of ether oxygens (including phenoxy) is 1. The van der Waals surface area contributed by atoms with Crippen LogP contribution in [-0.2, 0) is 4.74 Å². The molecule has 14 heavy (non-hydrogen) atoms. The van der Waals surface area contributed by atoms with Gasteiger partial charge in [0, 0.05) is 32.3 Å². The first-order valence-electron chi connectivity index (χ1n) is 5.40. The van der Waals surface area contributed by atoms with Gasteiger partial charge in [-0.15, -0.1) is 0 Å². The summed E-state index contributed by atoms with van der Waals surface area (Å²) in [5.41, 5.74) is 0. The van der Waals surface area contributed by atoms with E-state index in [1.54, 1.807) is 0 Å². The van der Waals surface area contributed by atoms with Gasteiger partial charge < -0.3 is 20.1 Å². The minimum absolute atomic E-state index is 0.153. The molecule has 1 aliphatic heterocycles. The first-order valence-corrected chi connectivity index (χ1v) is 5.40. The van der Waals surface area contributed by atoms with Crippen LogP contribution in [0.15, 0.2) is 0 Å². The Labute approximate surface area is 86.2 Å². The Bertz CT molecular complexity index is 155. The molecule has 2 N–H and O–H groups in total. The highest BCUT2D eigenvalue weighted by Crippen LogP contribution is 2.06. The van der Waals surface area contributed by atoms with Gasteiger partial charge in [0.2, 0.25) is 0 Å². The molecule has 1 rings (SSSR count). The largest absolute Gasteiger partial charge is 0.392 e. The van der Waals surface area contributed by atoms with Crippen LogP contribution >= 0.6 is 0 Å². The highest BCUT2D eigenvalue weighted by atomic mass is 16.5. The molecule has 2 unspecified atom stereocenters. The molecule has 0 aliphatic carbocycles. The molecular weight excluding hydrogens is 180 g/mol. The number of hydrogen-bond acceptors (Lipinski definition) is 4. The maximum absolute atomic E-state index is 9.32. The number of rotatable bonds is 6. The maximum Gasteiger partial charge on any atom is 0.0680 e. The number of nitrogens with zero attached hydrogens (tertiary/aromatic N) is 1. The molecule has 0 amide bonds. The summed E-state index contributed by atoms with van der Waals surface area (Å²) in [7, 11) is 2.09. The van der Waals surface area contributed by atoms with Crippen LogP contribution in [0.5, 0.6) is 0 Å². The average Bonchev–Trinajstić information content (AvgIpc) is 2.52. The van der Waals surface area contributed by atoms with Crippen LogP contribution in [-0.4, -0.2) is 62.0 Å². The average molecular weight is 202 g/mol. The fourth-order valence-corrected chi connectivity index (χ4v) is 1.77. The minimum Gasteiger partial charge on any atom is -0.392 e.